The van der Waals surface area contributed by atoms with Gasteiger partial charge in [-0.1, -0.05) is 12.8 Å². The number of phenols is 1. The van der Waals surface area contributed by atoms with E-state index >= 15 is 0 Å². The molecule has 1 aromatic rings. The molecule has 1 aromatic carbocycles. The van der Waals surface area contributed by atoms with Crippen molar-refractivity contribution in [3.05, 3.63) is 29.3 Å². The summed E-state index contributed by atoms with van der Waals surface area (Å²) in [4.78, 5) is 13.8. The topological polar surface area (TPSA) is 60.8 Å². The van der Waals surface area contributed by atoms with Crippen LogP contribution in [0.1, 0.15) is 41.6 Å². The molecule has 1 amide bonds. The lowest BCUT2D eigenvalue weighted by Crippen LogP contribution is -2.42. The van der Waals surface area contributed by atoms with E-state index in [9.17, 15) is 15.0 Å². The van der Waals surface area contributed by atoms with E-state index in [4.69, 9.17) is 0 Å². The van der Waals surface area contributed by atoms with Crippen LogP contribution in [0.15, 0.2) is 18.2 Å². The summed E-state index contributed by atoms with van der Waals surface area (Å²) in [5.74, 6) is -0.0735. The van der Waals surface area contributed by atoms with Gasteiger partial charge in [-0.25, -0.2) is 0 Å². The fourth-order valence-corrected chi connectivity index (χ4v) is 2.81. The van der Waals surface area contributed by atoms with Crippen molar-refractivity contribution >= 4 is 5.91 Å². The van der Waals surface area contributed by atoms with Gasteiger partial charge in [0.25, 0.3) is 5.91 Å². The summed E-state index contributed by atoms with van der Waals surface area (Å²) in [5.41, 5.74) is 0.564. The van der Waals surface area contributed by atoms with Crippen molar-refractivity contribution in [2.45, 2.75) is 38.2 Å². The van der Waals surface area contributed by atoms with Crippen molar-refractivity contribution < 1.29 is 15.0 Å². The van der Waals surface area contributed by atoms with E-state index in [1.807, 2.05) is 6.92 Å². The maximum absolute atomic E-state index is 12.3. The zero-order valence-corrected chi connectivity index (χ0v) is 11.5. The summed E-state index contributed by atoms with van der Waals surface area (Å²) < 4.78 is 0. The average Bonchev–Trinajstić information content (AvgIpc) is 2.73. The predicted octanol–water partition coefficient (Wildman–Crippen LogP) is 2.08. The zero-order valence-electron chi connectivity index (χ0n) is 11.5. The molecule has 0 atom stereocenters. The molecule has 4 nitrogen and oxygen atoms in total. The number of likely N-dealkylation sites (N-methyl/N-ethyl adjacent to an activating group) is 1. The van der Waals surface area contributed by atoms with Gasteiger partial charge in [-0.3, -0.25) is 4.79 Å². The Labute approximate surface area is 113 Å². The van der Waals surface area contributed by atoms with E-state index in [1.54, 1.807) is 24.1 Å². The van der Waals surface area contributed by atoms with Crippen molar-refractivity contribution in [2.24, 2.45) is 0 Å². The van der Waals surface area contributed by atoms with Crippen LogP contribution in [-0.4, -0.2) is 40.2 Å². The molecule has 1 saturated carbocycles. The number of carbonyl (C=O) groups excluding carboxylic acids is 1. The minimum atomic E-state index is -0.740. The van der Waals surface area contributed by atoms with E-state index in [1.165, 1.54) is 6.07 Å². The summed E-state index contributed by atoms with van der Waals surface area (Å²) in [6.45, 7) is 2.18. The number of rotatable bonds is 3. The Bertz CT molecular complexity index is 458. The highest BCUT2D eigenvalue weighted by atomic mass is 16.3. The molecule has 0 aliphatic heterocycles. The molecule has 1 aliphatic rings. The molecule has 0 heterocycles. The molecule has 104 valence electrons. The van der Waals surface area contributed by atoms with Gasteiger partial charge < -0.3 is 15.1 Å². The molecule has 0 spiro atoms. The molecule has 2 N–H and O–H groups in total. The van der Waals surface area contributed by atoms with Gasteiger partial charge in [0, 0.05) is 19.2 Å². The molecule has 0 radical (unpaired) electrons. The van der Waals surface area contributed by atoms with Crippen molar-refractivity contribution in [3.8, 4) is 5.75 Å². The van der Waals surface area contributed by atoms with Crippen molar-refractivity contribution in [1.82, 2.24) is 4.90 Å². The minimum Gasteiger partial charge on any atom is -0.508 e. The number of aliphatic hydroxyl groups is 1. The normalized spacial score (nSPS) is 17.4. The third-order valence-electron chi connectivity index (χ3n) is 3.72. The second-order valence-corrected chi connectivity index (χ2v) is 5.65. The summed E-state index contributed by atoms with van der Waals surface area (Å²) in [6, 6.07) is 4.82. The summed E-state index contributed by atoms with van der Waals surface area (Å²) in [6.07, 6.45) is 3.54. The Morgan fingerprint density at radius 1 is 1.32 bits per heavy atom. The highest BCUT2D eigenvalue weighted by Gasteiger charge is 2.33. The number of aryl methyl sites for hydroxylation is 1. The quantitative estimate of drug-likeness (QED) is 0.877. The standard InChI is InChI=1S/C15H21NO3/c1-11-7-12(9-13(17)8-11)14(18)16(2)10-15(19)5-3-4-6-15/h7-9,17,19H,3-6,10H2,1-2H3. The van der Waals surface area contributed by atoms with Gasteiger partial charge >= 0.3 is 0 Å². The molecule has 0 aromatic heterocycles. The Hall–Kier alpha value is -1.55. The van der Waals surface area contributed by atoms with Crippen LogP contribution < -0.4 is 0 Å². The molecule has 2 rings (SSSR count). The van der Waals surface area contributed by atoms with Crippen LogP contribution in [0.25, 0.3) is 0 Å². The van der Waals surface area contributed by atoms with Crippen LogP contribution in [0.4, 0.5) is 0 Å². The first-order chi connectivity index (χ1) is 8.89. The molecular weight excluding hydrogens is 242 g/mol. The number of amides is 1. The maximum atomic E-state index is 12.3. The second-order valence-electron chi connectivity index (χ2n) is 5.65. The lowest BCUT2D eigenvalue weighted by atomic mass is 10.0. The number of hydrogen-bond donors (Lipinski definition) is 2. The number of benzene rings is 1. The molecular formula is C15H21NO3. The molecule has 19 heavy (non-hydrogen) atoms. The van der Waals surface area contributed by atoms with Crippen molar-refractivity contribution in [2.75, 3.05) is 13.6 Å². The number of hydrogen-bond acceptors (Lipinski definition) is 3. The first-order valence-corrected chi connectivity index (χ1v) is 6.68. The number of aromatic hydroxyl groups is 1. The monoisotopic (exact) mass is 263 g/mol. The molecule has 0 unspecified atom stereocenters. The van der Waals surface area contributed by atoms with Crippen LogP contribution in [0.2, 0.25) is 0 Å². The van der Waals surface area contributed by atoms with Gasteiger partial charge in [0.05, 0.1) is 5.60 Å². The smallest absolute Gasteiger partial charge is 0.253 e. The third kappa shape index (κ3) is 3.26. The fourth-order valence-electron chi connectivity index (χ4n) is 2.81. The Morgan fingerprint density at radius 2 is 1.95 bits per heavy atom. The third-order valence-corrected chi connectivity index (χ3v) is 3.72. The van der Waals surface area contributed by atoms with E-state index in [0.29, 0.717) is 12.1 Å². The Balaban J connectivity index is 2.10. The van der Waals surface area contributed by atoms with Crippen molar-refractivity contribution in [3.63, 3.8) is 0 Å². The SMILES string of the molecule is Cc1cc(O)cc(C(=O)N(C)CC2(O)CCCC2)c1. The Morgan fingerprint density at radius 3 is 2.53 bits per heavy atom. The number of nitrogens with zero attached hydrogens (tertiary/aromatic N) is 1. The van der Waals surface area contributed by atoms with Crippen molar-refractivity contribution in [1.29, 1.82) is 0 Å². The minimum absolute atomic E-state index is 0.0938. The van der Waals surface area contributed by atoms with Crippen LogP contribution >= 0.6 is 0 Å². The molecule has 1 fully saturated rings. The zero-order chi connectivity index (χ0) is 14.0. The van der Waals surface area contributed by atoms with Gasteiger partial charge in [-0.2, -0.15) is 0 Å². The summed E-state index contributed by atoms with van der Waals surface area (Å²) in [5, 5.41) is 19.9. The van der Waals surface area contributed by atoms with E-state index in [0.717, 1.165) is 31.2 Å². The first-order valence-electron chi connectivity index (χ1n) is 6.68. The Kier molecular flexibility index (Phi) is 3.80. The number of carbonyl (C=O) groups is 1. The molecule has 0 bridgehead atoms. The highest BCUT2D eigenvalue weighted by Crippen LogP contribution is 2.30. The van der Waals surface area contributed by atoms with Crippen LogP contribution in [0.5, 0.6) is 5.75 Å². The van der Waals surface area contributed by atoms with Gasteiger partial charge in [-0.15, -0.1) is 0 Å². The summed E-state index contributed by atoms with van der Waals surface area (Å²) in [7, 11) is 1.69. The lowest BCUT2D eigenvalue weighted by Gasteiger charge is -2.28. The van der Waals surface area contributed by atoms with Gasteiger partial charge in [-0.05, 0) is 43.5 Å². The van der Waals surface area contributed by atoms with E-state index < -0.39 is 5.60 Å². The lowest BCUT2D eigenvalue weighted by molar-refractivity contribution is 0.0156. The van der Waals surface area contributed by atoms with Gasteiger partial charge in [0.1, 0.15) is 5.75 Å². The van der Waals surface area contributed by atoms with E-state index in [2.05, 4.69) is 0 Å². The maximum Gasteiger partial charge on any atom is 0.253 e. The predicted molar refractivity (Wildman–Crippen MR) is 73.2 cm³/mol. The second kappa shape index (κ2) is 5.21. The largest absolute Gasteiger partial charge is 0.508 e. The van der Waals surface area contributed by atoms with Crippen LogP contribution in [0.3, 0.4) is 0 Å². The molecule has 1 aliphatic carbocycles. The van der Waals surface area contributed by atoms with Crippen LogP contribution in [-0.2, 0) is 0 Å². The number of phenolic OH excluding ortho intramolecular Hbond substituents is 1. The van der Waals surface area contributed by atoms with Gasteiger partial charge in [0.2, 0.25) is 0 Å². The highest BCUT2D eigenvalue weighted by molar-refractivity contribution is 5.94. The van der Waals surface area contributed by atoms with Gasteiger partial charge in [0.15, 0.2) is 0 Å². The molecule has 0 saturated heterocycles. The first kappa shape index (κ1) is 13.9. The van der Waals surface area contributed by atoms with E-state index in [-0.39, 0.29) is 11.7 Å². The average molecular weight is 263 g/mol. The van der Waals surface area contributed by atoms with Crippen LogP contribution in [0, 0.1) is 6.92 Å². The fraction of sp³-hybridized carbons (Fsp3) is 0.533. The summed E-state index contributed by atoms with van der Waals surface area (Å²) >= 11 is 0. The molecule has 4 heteroatoms.